The monoisotopic (exact) mass is 264 g/mol. The molecule has 0 fully saturated rings. The van der Waals surface area contributed by atoms with Crippen molar-refractivity contribution in [3.8, 4) is 0 Å². The number of ether oxygens (including phenoxy) is 3. The fraction of sp³-hybridized carbons (Fsp3) is 1.00. The molecular weight excluding hydrogens is 235 g/mol. The Bertz CT molecular complexity index is 150. The second-order valence-corrected chi connectivity index (χ2v) is 7.22. The molecule has 0 N–H and O–H groups in total. The minimum absolute atomic E-state index is 0.220. The van der Waals surface area contributed by atoms with Crippen molar-refractivity contribution in [1.82, 2.24) is 0 Å². The zero-order chi connectivity index (χ0) is 12.9. The summed E-state index contributed by atoms with van der Waals surface area (Å²) in [5, 5.41) is 0. The van der Waals surface area contributed by atoms with Crippen LogP contribution in [0, 0.1) is 0 Å². The first kappa shape index (κ1) is 17.3. The molecule has 0 saturated carbocycles. The smallest absolute Gasteiger partial charge is 0.0703 e. The van der Waals surface area contributed by atoms with Gasteiger partial charge in [0.2, 0.25) is 0 Å². The summed E-state index contributed by atoms with van der Waals surface area (Å²) < 4.78 is 16.3. The quantitative estimate of drug-likeness (QED) is 0.400. The van der Waals surface area contributed by atoms with Crippen molar-refractivity contribution in [1.29, 1.82) is 0 Å². The van der Waals surface area contributed by atoms with Crippen LogP contribution in [0.5, 0.6) is 0 Å². The van der Waals surface area contributed by atoms with Crippen LogP contribution < -0.4 is 0 Å². The Hall–Kier alpha value is 0.310. The summed E-state index contributed by atoms with van der Waals surface area (Å²) in [7, 11) is 0.220. The SMILES string of the molecule is CCP(CC)CCOCCOCCOC(C)C. The van der Waals surface area contributed by atoms with Gasteiger partial charge in [0.25, 0.3) is 0 Å². The maximum Gasteiger partial charge on any atom is 0.0703 e. The molecule has 0 aromatic rings. The van der Waals surface area contributed by atoms with Crippen molar-refractivity contribution in [2.24, 2.45) is 0 Å². The lowest BCUT2D eigenvalue weighted by atomic mass is 10.5. The predicted molar refractivity (Wildman–Crippen MR) is 75.6 cm³/mol. The van der Waals surface area contributed by atoms with Gasteiger partial charge in [0.1, 0.15) is 0 Å². The van der Waals surface area contributed by atoms with E-state index in [2.05, 4.69) is 13.8 Å². The Morgan fingerprint density at radius 2 is 1.35 bits per heavy atom. The van der Waals surface area contributed by atoms with E-state index in [9.17, 15) is 0 Å². The van der Waals surface area contributed by atoms with Crippen LogP contribution in [0.25, 0.3) is 0 Å². The highest BCUT2D eigenvalue weighted by molar-refractivity contribution is 7.57. The zero-order valence-electron chi connectivity index (χ0n) is 11.9. The molecule has 0 aromatic heterocycles. The molecule has 104 valence electrons. The molecule has 0 amide bonds. The number of hydrogen-bond donors (Lipinski definition) is 0. The van der Waals surface area contributed by atoms with Gasteiger partial charge < -0.3 is 14.2 Å². The first-order valence-corrected chi connectivity index (χ1v) is 8.59. The van der Waals surface area contributed by atoms with Gasteiger partial charge in [-0.2, -0.15) is 0 Å². The standard InChI is InChI=1S/C13H29O3P/c1-5-17(6-2)12-11-15-8-7-14-9-10-16-13(3)4/h13H,5-12H2,1-4H3. The van der Waals surface area contributed by atoms with E-state index in [-0.39, 0.29) is 14.0 Å². The highest BCUT2D eigenvalue weighted by Crippen LogP contribution is 2.33. The second kappa shape index (κ2) is 12.8. The Balaban J connectivity index is 3.08. The van der Waals surface area contributed by atoms with Crippen LogP contribution in [0.1, 0.15) is 27.7 Å². The molecule has 0 aliphatic heterocycles. The molecule has 0 radical (unpaired) electrons. The maximum absolute atomic E-state index is 5.55. The average molecular weight is 264 g/mol. The fourth-order valence-corrected chi connectivity index (χ4v) is 2.87. The summed E-state index contributed by atoms with van der Waals surface area (Å²) in [6.07, 6.45) is 4.16. The van der Waals surface area contributed by atoms with E-state index in [4.69, 9.17) is 14.2 Å². The second-order valence-electron chi connectivity index (χ2n) is 4.17. The van der Waals surface area contributed by atoms with Crippen molar-refractivity contribution in [2.45, 2.75) is 33.8 Å². The molecular formula is C13H29O3P. The summed E-state index contributed by atoms with van der Waals surface area (Å²) in [5.41, 5.74) is 0. The molecule has 4 heteroatoms. The normalized spacial score (nSPS) is 11.6. The van der Waals surface area contributed by atoms with E-state index in [0.29, 0.717) is 26.4 Å². The lowest BCUT2D eigenvalue weighted by Gasteiger charge is -2.13. The molecule has 17 heavy (non-hydrogen) atoms. The van der Waals surface area contributed by atoms with Crippen molar-refractivity contribution in [3.63, 3.8) is 0 Å². The number of rotatable bonds is 12. The van der Waals surface area contributed by atoms with E-state index in [0.717, 1.165) is 6.61 Å². The molecule has 0 bridgehead atoms. The summed E-state index contributed by atoms with van der Waals surface area (Å²) in [5.74, 6) is 0. The van der Waals surface area contributed by atoms with Gasteiger partial charge in [0.15, 0.2) is 0 Å². The summed E-state index contributed by atoms with van der Waals surface area (Å²) in [6.45, 7) is 12.2. The lowest BCUT2D eigenvalue weighted by molar-refractivity contribution is 0.000349. The first-order valence-electron chi connectivity index (χ1n) is 6.70. The molecule has 0 unspecified atom stereocenters. The summed E-state index contributed by atoms with van der Waals surface area (Å²) in [4.78, 5) is 0. The third-order valence-corrected chi connectivity index (χ3v) is 5.10. The molecule has 0 rings (SSSR count). The minimum atomic E-state index is 0.220. The van der Waals surface area contributed by atoms with Crippen LogP contribution in [0.15, 0.2) is 0 Å². The van der Waals surface area contributed by atoms with E-state index >= 15 is 0 Å². The molecule has 3 nitrogen and oxygen atoms in total. The molecule has 0 aliphatic carbocycles. The van der Waals surface area contributed by atoms with Crippen LogP contribution in [0.3, 0.4) is 0 Å². The van der Waals surface area contributed by atoms with E-state index < -0.39 is 0 Å². The van der Waals surface area contributed by atoms with Gasteiger partial charge >= 0.3 is 0 Å². The largest absolute Gasteiger partial charge is 0.379 e. The number of hydrogen-bond acceptors (Lipinski definition) is 3. The molecule has 0 spiro atoms. The van der Waals surface area contributed by atoms with Crippen LogP contribution in [0.4, 0.5) is 0 Å². The van der Waals surface area contributed by atoms with E-state index in [1.54, 1.807) is 0 Å². The van der Waals surface area contributed by atoms with Crippen molar-refractivity contribution in [3.05, 3.63) is 0 Å². The van der Waals surface area contributed by atoms with Crippen LogP contribution in [-0.4, -0.2) is 57.6 Å². The summed E-state index contributed by atoms with van der Waals surface area (Å²) >= 11 is 0. The lowest BCUT2D eigenvalue weighted by Crippen LogP contribution is -2.13. The van der Waals surface area contributed by atoms with Gasteiger partial charge in [-0.15, -0.1) is 7.92 Å². The Morgan fingerprint density at radius 3 is 1.88 bits per heavy atom. The first-order chi connectivity index (χ1) is 8.20. The highest BCUT2D eigenvalue weighted by Gasteiger charge is 2.01. The van der Waals surface area contributed by atoms with Gasteiger partial charge in [0, 0.05) is 0 Å². The van der Waals surface area contributed by atoms with Crippen LogP contribution >= 0.6 is 7.92 Å². The Kier molecular flexibility index (Phi) is 13.0. The average Bonchev–Trinajstić information content (AvgIpc) is 2.31. The van der Waals surface area contributed by atoms with Crippen molar-refractivity contribution >= 4 is 7.92 Å². The van der Waals surface area contributed by atoms with Crippen molar-refractivity contribution in [2.75, 3.05) is 51.5 Å². The Labute approximate surface area is 108 Å². The van der Waals surface area contributed by atoms with E-state index in [1.165, 1.54) is 18.5 Å². The molecule has 0 atom stereocenters. The predicted octanol–water partition coefficient (Wildman–Crippen LogP) is 2.97. The third-order valence-electron chi connectivity index (χ3n) is 2.50. The van der Waals surface area contributed by atoms with Gasteiger partial charge in [-0.25, -0.2) is 0 Å². The van der Waals surface area contributed by atoms with Crippen molar-refractivity contribution < 1.29 is 14.2 Å². The van der Waals surface area contributed by atoms with Gasteiger partial charge in [-0.1, -0.05) is 13.8 Å². The Morgan fingerprint density at radius 1 is 0.824 bits per heavy atom. The van der Waals surface area contributed by atoms with Gasteiger partial charge in [0.05, 0.1) is 39.1 Å². The minimum Gasteiger partial charge on any atom is -0.379 e. The fourth-order valence-electron chi connectivity index (χ4n) is 1.40. The zero-order valence-corrected chi connectivity index (χ0v) is 12.8. The molecule has 0 aromatic carbocycles. The molecule has 0 aliphatic rings. The maximum atomic E-state index is 5.55. The highest BCUT2D eigenvalue weighted by atomic mass is 31.1. The van der Waals surface area contributed by atoms with Crippen LogP contribution in [-0.2, 0) is 14.2 Å². The topological polar surface area (TPSA) is 27.7 Å². The van der Waals surface area contributed by atoms with E-state index in [1.807, 2.05) is 13.8 Å². The van der Waals surface area contributed by atoms with Gasteiger partial charge in [-0.3, -0.25) is 0 Å². The van der Waals surface area contributed by atoms with Gasteiger partial charge in [-0.05, 0) is 32.3 Å². The third kappa shape index (κ3) is 12.6. The molecule has 0 heterocycles. The summed E-state index contributed by atoms with van der Waals surface area (Å²) in [6, 6.07) is 0. The molecule has 0 saturated heterocycles. The van der Waals surface area contributed by atoms with Crippen LogP contribution in [0.2, 0.25) is 0 Å².